The van der Waals surface area contributed by atoms with Gasteiger partial charge in [0.05, 0.1) is 13.1 Å². The molecule has 3 aromatic rings. The Morgan fingerprint density at radius 1 is 1.03 bits per heavy atom. The van der Waals surface area contributed by atoms with E-state index in [1.54, 1.807) is 17.0 Å². The fourth-order valence-electron chi connectivity index (χ4n) is 3.52. The molecule has 0 saturated heterocycles. The summed E-state index contributed by atoms with van der Waals surface area (Å²) in [6.07, 6.45) is -0.486. The molecule has 0 radical (unpaired) electrons. The van der Waals surface area contributed by atoms with Gasteiger partial charge < -0.3 is 30.2 Å². The van der Waals surface area contributed by atoms with E-state index in [2.05, 4.69) is 20.9 Å². The molecule has 0 bridgehead atoms. The summed E-state index contributed by atoms with van der Waals surface area (Å²) in [5.74, 6) is 2.14. The maximum atomic E-state index is 12.9. The molecule has 10 heteroatoms. The topological polar surface area (TPSA) is 114 Å². The largest absolute Gasteiger partial charge is 0.492 e. The molecule has 194 valence electrons. The molecule has 3 amide bonds. The quantitative estimate of drug-likeness (QED) is 0.380. The predicted molar refractivity (Wildman–Crippen MR) is 142 cm³/mol. The van der Waals surface area contributed by atoms with Gasteiger partial charge >= 0.3 is 12.1 Å². The molecule has 2 aromatic carbocycles. The SMILES string of the molecule is CC(C)(C)OC(=O)NCCOc1cccc(Nc2ccc3c(n2)N(C(=O)Nc2ccccc2)CCO3)c1. The molecule has 37 heavy (non-hydrogen) atoms. The van der Waals surface area contributed by atoms with Crippen LogP contribution in [-0.2, 0) is 4.74 Å². The second-order valence-electron chi connectivity index (χ2n) is 9.24. The maximum Gasteiger partial charge on any atom is 0.407 e. The third-order valence-corrected chi connectivity index (χ3v) is 5.08. The van der Waals surface area contributed by atoms with Crippen molar-refractivity contribution in [1.29, 1.82) is 0 Å². The van der Waals surface area contributed by atoms with Crippen LogP contribution in [0.2, 0.25) is 0 Å². The average Bonchev–Trinajstić information content (AvgIpc) is 2.86. The number of benzene rings is 2. The van der Waals surface area contributed by atoms with Crippen LogP contribution in [0.15, 0.2) is 66.7 Å². The number of amides is 3. The maximum absolute atomic E-state index is 12.9. The van der Waals surface area contributed by atoms with Crippen LogP contribution in [-0.4, -0.2) is 49.0 Å². The van der Waals surface area contributed by atoms with Gasteiger partial charge in [0, 0.05) is 17.4 Å². The predicted octanol–water partition coefficient (Wildman–Crippen LogP) is 5.16. The molecule has 0 unspecified atom stereocenters. The Hall–Kier alpha value is -4.47. The number of carbonyl (C=O) groups is 2. The summed E-state index contributed by atoms with van der Waals surface area (Å²) in [5, 5.41) is 8.80. The third kappa shape index (κ3) is 7.50. The van der Waals surface area contributed by atoms with Gasteiger partial charge in [-0.2, -0.15) is 0 Å². The second kappa shape index (κ2) is 11.5. The van der Waals surface area contributed by atoms with Crippen molar-refractivity contribution in [2.45, 2.75) is 26.4 Å². The minimum atomic E-state index is -0.551. The monoisotopic (exact) mass is 505 g/mol. The van der Waals surface area contributed by atoms with Gasteiger partial charge in [-0.25, -0.2) is 14.6 Å². The van der Waals surface area contributed by atoms with Crippen LogP contribution in [0.5, 0.6) is 11.5 Å². The van der Waals surface area contributed by atoms with E-state index in [9.17, 15) is 9.59 Å². The Balaban J connectivity index is 1.36. The summed E-state index contributed by atoms with van der Waals surface area (Å²) in [6.45, 7) is 6.77. The minimum absolute atomic E-state index is 0.280. The first-order valence-corrected chi connectivity index (χ1v) is 12.0. The average molecular weight is 506 g/mol. The van der Waals surface area contributed by atoms with Crippen LogP contribution in [0, 0.1) is 0 Å². The fraction of sp³-hybridized carbons (Fsp3) is 0.296. The molecule has 2 heterocycles. The number of nitrogens with zero attached hydrogens (tertiary/aromatic N) is 2. The highest BCUT2D eigenvalue weighted by atomic mass is 16.6. The van der Waals surface area contributed by atoms with Gasteiger partial charge in [0.2, 0.25) is 0 Å². The first-order chi connectivity index (χ1) is 17.8. The van der Waals surface area contributed by atoms with Crippen LogP contribution in [0.25, 0.3) is 0 Å². The highest BCUT2D eigenvalue weighted by Gasteiger charge is 2.26. The van der Waals surface area contributed by atoms with Gasteiger partial charge in [0.1, 0.15) is 30.4 Å². The zero-order valence-electron chi connectivity index (χ0n) is 21.1. The number of ether oxygens (including phenoxy) is 3. The van der Waals surface area contributed by atoms with E-state index in [-0.39, 0.29) is 12.6 Å². The first kappa shape index (κ1) is 25.6. The van der Waals surface area contributed by atoms with Gasteiger partial charge in [-0.3, -0.25) is 4.90 Å². The smallest absolute Gasteiger partial charge is 0.407 e. The zero-order valence-corrected chi connectivity index (χ0v) is 21.1. The number of carbonyl (C=O) groups excluding carboxylic acids is 2. The molecular weight excluding hydrogens is 474 g/mol. The van der Waals surface area contributed by atoms with Gasteiger partial charge in [0.15, 0.2) is 11.6 Å². The lowest BCUT2D eigenvalue weighted by molar-refractivity contribution is 0.0520. The van der Waals surface area contributed by atoms with E-state index < -0.39 is 11.7 Å². The Bertz CT molecular complexity index is 1230. The van der Waals surface area contributed by atoms with Crippen molar-refractivity contribution in [1.82, 2.24) is 10.3 Å². The zero-order chi connectivity index (χ0) is 26.3. The fourth-order valence-corrected chi connectivity index (χ4v) is 3.52. The number of hydrogen-bond acceptors (Lipinski definition) is 7. The number of urea groups is 1. The van der Waals surface area contributed by atoms with Crippen LogP contribution in [0.3, 0.4) is 0 Å². The second-order valence-corrected chi connectivity index (χ2v) is 9.24. The summed E-state index contributed by atoms with van der Waals surface area (Å²) in [7, 11) is 0. The first-order valence-electron chi connectivity index (χ1n) is 12.0. The van der Waals surface area contributed by atoms with Crippen molar-refractivity contribution in [3.63, 3.8) is 0 Å². The molecular formula is C27H31N5O5. The molecule has 1 aromatic heterocycles. The number of pyridine rings is 1. The van der Waals surface area contributed by atoms with E-state index in [0.717, 1.165) is 5.69 Å². The third-order valence-electron chi connectivity index (χ3n) is 5.08. The van der Waals surface area contributed by atoms with Crippen LogP contribution in [0.1, 0.15) is 20.8 Å². The normalized spacial score (nSPS) is 12.6. The molecule has 1 aliphatic rings. The van der Waals surface area contributed by atoms with Gasteiger partial charge in [-0.15, -0.1) is 0 Å². The molecule has 0 atom stereocenters. The summed E-state index contributed by atoms with van der Waals surface area (Å²) in [6, 6.07) is 19.9. The summed E-state index contributed by atoms with van der Waals surface area (Å²) >= 11 is 0. The van der Waals surface area contributed by atoms with Crippen molar-refractivity contribution < 1.29 is 23.8 Å². The van der Waals surface area contributed by atoms with Crippen molar-refractivity contribution in [2.75, 3.05) is 41.8 Å². The number of rotatable bonds is 7. The number of anilines is 4. The lowest BCUT2D eigenvalue weighted by Crippen LogP contribution is -2.41. The van der Waals surface area contributed by atoms with Crippen LogP contribution in [0.4, 0.5) is 32.6 Å². The molecule has 10 nitrogen and oxygen atoms in total. The summed E-state index contributed by atoms with van der Waals surface area (Å²) < 4.78 is 16.7. The van der Waals surface area contributed by atoms with Gasteiger partial charge in [0.25, 0.3) is 0 Å². The van der Waals surface area contributed by atoms with E-state index >= 15 is 0 Å². The number of fused-ring (bicyclic) bond motifs is 1. The van der Waals surface area contributed by atoms with Crippen molar-refractivity contribution in [3.8, 4) is 11.5 Å². The highest BCUT2D eigenvalue weighted by molar-refractivity contribution is 6.02. The van der Waals surface area contributed by atoms with Crippen molar-refractivity contribution in [2.24, 2.45) is 0 Å². The molecule has 0 spiro atoms. The molecule has 3 N–H and O–H groups in total. The molecule has 0 saturated carbocycles. The number of nitrogens with one attached hydrogen (secondary N) is 3. The number of para-hydroxylation sites is 1. The highest BCUT2D eigenvalue weighted by Crippen LogP contribution is 2.32. The molecule has 4 rings (SSSR count). The van der Waals surface area contributed by atoms with Crippen molar-refractivity contribution >= 4 is 35.1 Å². The Morgan fingerprint density at radius 3 is 2.59 bits per heavy atom. The van der Waals surface area contributed by atoms with E-state index in [0.29, 0.717) is 48.5 Å². The van der Waals surface area contributed by atoms with E-state index in [1.165, 1.54) is 0 Å². The summed E-state index contributed by atoms with van der Waals surface area (Å²) in [5.41, 5.74) is 0.903. The number of hydrogen-bond donors (Lipinski definition) is 3. The number of alkyl carbamates (subject to hydrolysis) is 1. The lowest BCUT2D eigenvalue weighted by Gasteiger charge is -2.28. The van der Waals surface area contributed by atoms with Gasteiger partial charge in [-0.1, -0.05) is 24.3 Å². The molecule has 1 aliphatic heterocycles. The van der Waals surface area contributed by atoms with Gasteiger partial charge in [-0.05, 0) is 57.2 Å². The van der Waals surface area contributed by atoms with E-state index in [1.807, 2.05) is 75.4 Å². The number of aromatic nitrogens is 1. The minimum Gasteiger partial charge on any atom is -0.492 e. The molecule has 0 fully saturated rings. The molecule has 0 aliphatic carbocycles. The lowest BCUT2D eigenvalue weighted by atomic mass is 10.2. The Kier molecular flexibility index (Phi) is 7.97. The van der Waals surface area contributed by atoms with Crippen LogP contribution >= 0.6 is 0 Å². The van der Waals surface area contributed by atoms with E-state index in [4.69, 9.17) is 14.2 Å². The van der Waals surface area contributed by atoms with Crippen LogP contribution < -0.4 is 30.3 Å². The van der Waals surface area contributed by atoms with Crippen molar-refractivity contribution in [3.05, 3.63) is 66.7 Å². The Morgan fingerprint density at radius 2 is 1.81 bits per heavy atom. The summed E-state index contributed by atoms with van der Waals surface area (Å²) in [4.78, 5) is 30.9. The standard InChI is InChI=1S/C27H31N5O5/c1-27(2,3)37-26(34)28-14-16-35-21-11-7-10-20(18-21)29-23-13-12-22-24(31-23)32(15-17-36-22)25(33)30-19-8-5-4-6-9-19/h4-13,18H,14-17H2,1-3H3,(H,28,34)(H,29,31)(H,30,33). The Labute approximate surface area is 215 Å².